The van der Waals surface area contributed by atoms with Crippen LogP contribution in [0.4, 0.5) is 5.69 Å². The van der Waals surface area contributed by atoms with Crippen LogP contribution in [0.1, 0.15) is 15.9 Å². The van der Waals surface area contributed by atoms with E-state index in [1.54, 1.807) is 14.2 Å². The molecule has 0 saturated carbocycles. The second-order valence-electron chi connectivity index (χ2n) is 8.59. The largest absolute Gasteiger partial charge is 0.493 e. The van der Waals surface area contributed by atoms with Crippen molar-refractivity contribution in [1.29, 1.82) is 0 Å². The Bertz CT molecular complexity index is 1440. The van der Waals surface area contributed by atoms with E-state index in [0.29, 0.717) is 17.1 Å². The fourth-order valence-electron chi connectivity index (χ4n) is 5.12. The summed E-state index contributed by atoms with van der Waals surface area (Å²) >= 11 is 0. The van der Waals surface area contributed by atoms with E-state index in [2.05, 4.69) is 27.3 Å². The molecular formula is C27H25N3O4. The number of esters is 1. The standard InChI is InChI=1S/C27H25N3O4/c1-32-23-13-17-11-18-15-34-27(31)26(18)25(19(17)14-24(23)33-2)16-3-4-21-20(12-16)22(5-6-29-21)30-9-7-28-8-10-30/h3-6,11-14,28H,7-10,15H2,1-2H3. The van der Waals surface area contributed by atoms with Crippen LogP contribution in [0, 0.1) is 0 Å². The smallest absolute Gasteiger partial charge is 0.339 e. The van der Waals surface area contributed by atoms with E-state index in [-0.39, 0.29) is 12.6 Å². The normalized spacial score (nSPS) is 15.5. The number of nitrogens with one attached hydrogen (secondary N) is 1. The summed E-state index contributed by atoms with van der Waals surface area (Å²) in [6.07, 6.45) is 1.86. The second kappa shape index (κ2) is 8.18. The van der Waals surface area contributed by atoms with E-state index in [1.165, 1.54) is 0 Å². The molecule has 0 spiro atoms. The lowest BCUT2D eigenvalue weighted by molar-refractivity contribution is 0.0535. The van der Waals surface area contributed by atoms with E-state index >= 15 is 0 Å². The lowest BCUT2D eigenvalue weighted by Crippen LogP contribution is -2.43. The molecule has 0 unspecified atom stereocenters. The molecule has 7 nitrogen and oxygen atoms in total. The van der Waals surface area contributed by atoms with Gasteiger partial charge in [0.15, 0.2) is 11.5 Å². The van der Waals surface area contributed by atoms with Crippen LogP contribution in [-0.2, 0) is 11.3 Å². The van der Waals surface area contributed by atoms with Crippen LogP contribution in [0.3, 0.4) is 0 Å². The number of fused-ring (bicyclic) bond motifs is 3. The van der Waals surface area contributed by atoms with E-state index < -0.39 is 0 Å². The predicted molar refractivity (Wildman–Crippen MR) is 132 cm³/mol. The SMILES string of the molecule is COc1cc2cc3c(c(-c4ccc5nccc(N6CCNCC6)c5c4)c2cc1OC)C(=O)OC3. The number of rotatable bonds is 4. The van der Waals surface area contributed by atoms with Gasteiger partial charge in [-0.15, -0.1) is 0 Å². The van der Waals surface area contributed by atoms with Gasteiger partial charge in [0.1, 0.15) is 6.61 Å². The molecule has 1 aromatic heterocycles. The molecule has 1 N–H and O–H groups in total. The molecule has 34 heavy (non-hydrogen) atoms. The van der Waals surface area contributed by atoms with Gasteiger partial charge in [-0.05, 0) is 52.7 Å². The van der Waals surface area contributed by atoms with Gasteiger partial charge in [-0.25, -0.2) is 4.79 Å². The Morgan fingerprint density at radius 3 is 2.53 bits per heavy atom. The second-order valence-corrected chi connectivity index (χ2v) is 8.59. The number of nitrogens with zero attached hydrogens (tertiary/aromatic N) is 2. The van der Waals surface area contributed by atoms with Crippen LogP contribution in [-0.4, -0.2) is 51.4 Å². The van der Waals surface area contributed by atoms with Crippen molar-refractivity contribution in [3.05, 3.63) is 59.8 Å². The fourth-order valence-corrected chi connectivity index (χ4v) is 5.12. The van der Waals surface area contributed by atoms with Crippen molar-refractivity contribution in [3.63, 3.8) is 0 Å². The third kappa shape index (κ3) is 3.23. The third-order valence-electron chi connectivity index (χ3n) is 6.75. The number of anilines is 1. The molecule has 3 aromatic carbocycles. The summed E-state index contributed by atoms with van der Waals surface area (Å²) in [4.78, 5) is 19.8. The first-order valence-corrected chi connectivity index (χ1v) is 11.4. The van der Waals surface area contributed by atoms with Crippen molar-refractivity contribution < 1.29 is 19.0 Å². The number of carbonyl (C=O) groups excluding carboxylic acids is 1. The first kappa shape index (κ1) is 20.7. The molecular weight excluding hydrogens is 430 g/mol. The molecule has 0 aliphatic carbocycles. The zero-order valence-electron chi connectivity index (χ0n) is 19.2. The molecule has 2 aliphatic heterocycles. The maximum atomic E-state index is 12.9. The Labute approximate surface area is 197 Å². The van der Waals surface area contributed by atoms with Crippen molar-refractivity contribution in [1.82, 2.24) is 10.3 Å². The molecule has 6 rings (SSSR count). The summed E-state index contributed by atoms with van der Waals surface area (Å²) in [6, 6.07) is 14.2. The first-order chi connectivity index (χ1) is 16.7. The third-order valence-corrected chi connectivity index (χ3v) is 6.75. The summed E-state index contributed by atoms with van der Waals surface area (Å²) < 4.78 is 16.6. The number of ether oxygens (including phenoxy) is 3. The van der Waals surface area contributed by atoms with Crippen LogP contribution in [0.25, 0.3) is 32.8 Å². The molecule has 0 bridgehead atoms. The molecule has 0 atom stereocenters. The maximum Gasteiger partial charge on any atom is 0.339 e. The van der Waals surface area contributed by atoms with Gasteiger partial charge < -0.3 is 24.4 Å². The number of piperazine rings is 1. The van der Waals surface area contributed by atoms with Crippen molar-refractivity contribution in [2.75, 3.05) is 45.3 Å². The van der Waals surface area contributed by atoms with Crippen LogP contribution < -0.4 is 19.7 Å². The molecule has 7 heteroatoms. The Morgan fingerprint density at radius 2 is 1.74 bits per heavy atom. The van der Waals surface area contributed by atoms with E-state index in [0.717, 1.165) is 70.2 Å². The monoisotopic (exact) mass is 455 g/mol. The summed E-state index contributed by atoms with van der Waals surface area (Å²) in [5, 5.41) is 6.37. The topological polar surface area (TPSA) is 72.9 Å². The van der Waals surface area contributed by atoms with Crippen molar-refractivity contribution in [2.24, 2.45) is 0 Å². The number of methoxy groups -OCH3 is 2. The van der Waals surface area contributed by atoms with Gasteiger partial charge in [0.05, 0.1) is 25.3 Å². The Morgan fingerprint density at radius 1 is 0.941 bits per heavy atom. The van der Waals surface area contributed by atoms with Crippen LogP contribution >= 0.6 is 0 Å². The lowest BCUT2D eigenvalue weighted by atomic mass is 9.89. The van der Waals surface area contributed by atoms with Gasteiger partial charge in [0, 0.05) is 54.6 Å². The summed E-state index contributed by atoms with van der Waals surface area (Å²) in [5.74, 6) is 0.969. The van der Waals surface area contributed by atoms with Crippen molar-refractivity contribution >= 4 is 33.3 Å². The van der Waals surface area contributed by atoms with Crippen molar-refractivity contribution in [2.45, 2.75) is 6.61 Å². The van der Waals surface area contributed by atoms with E-state index in [9.17, 15) is 4.79 Å². The minimum absolute atomic E-state index is 0.270. The van der Waals surface area contributed by atoms with Gasteiger partial charge in [-0.3, -0.25) is 4.98 Å². The molecule has 2 aliphatic rings. The van der Waals surface area contributed by atoms with Gasteiger partial charge >= 0.3 is 5.97 Å². The highest BCUT2D eigenvalue weighted by Crippen LogP contribution is 2.43. The summed E-state index contributed by atoms with van der Waals surface area (Å²) in [5.41, 5.74) is 5.39. The molecule has 4 aromatic rings. The highest BCUT2D eigenvalue weighted by Gasteiger charge is 2.28. The first-order valence-electron chi connectivity index (χ1n) is 11.4. The summed E-state index contributed by atoms with van der Waals surface area (Å²) in [6.45, 7) is 4.06. The fraction of sp³-hybridized carbons (Fsp3) is 0.259. The number of cyclic esters (lactones) is 1. The van der Waals surface area contributed by atoms with Gasteiger partial charge in [-0.1, -0.05) is 6.07 Å². The van der Waals surface area contributed by atoms with E-state index in [1.807, 2.05) is 36.5 Å². The number of hydrogen-bond donors (Lipinski definition) is 1. The number of pyridine rings is 1. The van der Waals surface area contributed by atoms with Gasteiger partial charge in [-0.2, -0.15) is 0 Å². The number of benzene rings is 3. The maximum absolute atomic E-state index is 12.9. The molecule has 172 valence electrons. The predicted octanol–water partition coefficient (Wildman–Crippen LogP) is 4.15. The van der Waals surface area contributed by atoms with Crippen LogP contribution in [0.5, 0.6) is 11.5 Å². The number of aromatic nitrogens is 1. The zero-order valence-corrected chi connectivity index (χ0v) is 19.2. The lowest BCUT2D eigenvalue weighted by Gasteiger charge is -2.30. The average Bonchev–Trinajstić information content (AvgIpc) is 3.26. The van der Waals surface area contributed by atoms with Crippen molar-refractivity contribution in [3.8, 4) is 22.6 Å². The highest BCUT2D eigenvalue weighted by molar-refractivity contribution is 6.12. The quantitative estimate of drug-likeness (QED) is 0.464. The Kier molecular flexibility index (Phi) is 4.99. The molecule has 1 saturated heterocycles. The minimum atomic E-state index is -0.296. The number of carbonyl (C=O) groups is 1. The molecule has 3 heterocycles. The summed E-state index contributed by atoms with van der Waals surface area (Å²) in [7, 11) is 3.24. The minimum Gasteiger partial charge on any atom is -0.493 e. The molecule has 0 radical (unpaired) electrons. The van der Waals surface area contributed by atoms with Gasteiger partial charge in [0.25, 0.3) is 0 Å². The van der Waals surface area contributed by atoms with Crippen LogP contribution in [0.2, 0.25) is 0 Å². The highest BCUT2D eigenvalue weighted by atomic mass is 16.5. The molecule has 0 amide bonds. The molecule has 1 fully saturated rings. The van der Waals surface area contributed by atoms with Gasteiger partial charge in [0.2, 0.25) is 0 Å². The van der Waals surface area contributed by atoms with E-state index in [4.69, 9.17) is 14.2 Å². The number of hydrogen-bond acceptors (Lipinski definition) is 7. The average molecular weight is 456 g/mol. The van der Waals surface area contributed by atoms with Crippen LogP contribution in [0.15, 0.2) is 48.7 Å². The zero-order chi connectivity index (χ0) is 23.2. The Hall–Kier alpha value is -3.84. The Balaban J connectivity index is 1.63.